The fourth-order valence-corrected chi connectivity index (χ4v) is 3.81. The number of ether oxygens (including phenoxy) is 1. The summed E-state index contributed by atoms with van der Waals surface area (Å²) in [5, 5.41) is 9.67. The maximum absolute atomic E-state index is 13.1. The van der Waals surface area contributed by atoms with Gasteiger partial charge in [0, 0.05) is 42.6 Å². The predicted molar refractivity (Wildman–Crippen MR) is 119 cm³/mol. The van der Waals surface area contributed by atoms with Crippen molar-refractivity contribution >= 4 is 27.7 Å². The lowest BCUT2D eigenvalue weighted by molar-refractivity contribution is -0.130. The number of nitrogens with zero attached hydrogens (tertiary/aromatic N) is 4. The van der Waals surface area contributed by atoms with E-state index in [0.29, 0.717) is 23.1 Å². The lowest BCUT2D eigenvalue weighted by Crippen LogP contribution is -2.50. The van der Waals surface area contributed by atoms with Gasteiger partial charge in [0.2, 0.25) is 11.8 Å². The topological polar surface area (TPSA) is 95.9 Å². The van der Waals surface area contributed by atoms with E-state index in [1.54, 1.807) is 54.5 Å². The van der Waals surface area contributed by atoms with Crippen LogP contribution in [0.4, 0.5) is 0 Å². The molecular weight excluding hydrogens is 464 g/mol. The number of aromatic nitrogens is 2. The van der Waals surface area contributed by atoms with Gasteiger partial charge in [-0.2, -0.15) is 0 Å². The van der Waals surface area contributed by atoms with E-state index in [0.717, 1.165) is 5.56 Å². The number of hydrogen-bond acceptors (Lipinski definition) is 6. The number of amides is 2. The van der Waals surface area contributed by atoms with Crippen LogP contribution in [0.5, 0.6) is 5.88 Å². The zero-order valence-electron chi connectivity index (χ0n) is 17.9. The van der Waals surface area contributed by atoms with Crippen molar-refractivity contribution in [3.63, 3.8) is 0 Å². The first kappa shape index (κ1) is 23.1. The third-order valence-corrected chi connectivity index (χ3v) is 5.88. The maximum atomic E-state index is 13.1. The summed E-state index contributed by atoms with van der Waals surface area (Å²) in [5.74, 6) is -0.152. The van der Waals surface area contributed by atoms with Crippen LogP contribution < -0.4 is 4.74 Å². The predicted octanol–water partition coefficient (Wildman–Crippen LogP) is 2.16. The molecule has 0 aromatic carbocycles. The zero-order valence-corrected chi connectivity index (χ0v) is 19.4. The molecule has 1 aliphatic heterocycles. The molecule has 0 saturated carbocycles. The second-order valence-corrected chi connectivity index (χ2v) is 8.86. The molecule has 0 radical (unpaired) electrons. The molecule has 3 atom stereocenters. The normalized spacial score (nSPS) is 19.6. The largest absolute Gasteiger partial charge is 0.472 e. The Hall–Kier alpha value is -2.52. The highest BCUT2D eigenvalue weighted by Crippen LogP contribution is 2.28. The fraction of sp³-hybridized carbons (Fsp3) is 0.455. The minimum Gasteiger partial charge on any atom is -0.472 e. The molecule has 2 aromatic heterocycles. The first-order valence-corrected chi connectivity index (χ1v) is 11.0. The van der Waals surface area contributed by atoms with Crippen molar-refractivity contribution in [2.45, 2.75) is 32.4 Å². The van der Waals surface area contributed by atoms with Crippen LogP contribution in [0.3, 0.4) is 0 Å². The summed E-state index contributed by atoms with van der Waals surface area (Å²) < 4.78 is 6.82. The average Bonchev–Trinajstić information content (AvgIpc) is 2.76. The standard InChI is InChI=1S/C22H27BrN4O4/c1-14-11-27(15(2)13-28)22(30)18-8-17(23)10-25-21(18)31-19(14)12-26(3)20(29)7-16-5-4-6-24-9-16/h4-6,8-10,14-15,19,28H,7,11-13H2,1-3H3/t14-,15+,19+/m1/s1. The molecule has 0 fully saturated rings. The number of carbonyl (C=O) groups excluding carboxylic acids is 2. The van der Waals surface area contributed by atoms with E-state index >= 15 is 0 Å². The van der Waals surface area contributed by atoms with Gasteiger partial charge in [0.1, 0.15) is 11.7 Å². The Morgan fingerprint density at radius 2 is 2.23 bits per heavy atom. The van der Waals surface area contributed by atoms with Gasteiger partial charge in [-0.1, -0.05) is 13.0 Å². The van der Waals surface area contributed by atoms with E-state index in [4.69, 9.17) is 4.74 Å². The van der Waals surface area contributed by atoms with Crippen LogP contribution in [-0.2, 0) is 11.2 Å². The molecule has 0 saturated heterocycles. The van der Waals surface area contributed by atoms with E-state index in [1.165, 1.54) is 0 Å². The highest BCUT2D eigenvalue weighted by molar-refractivity contribution is 9.10. The number of rotatable bonds is 6. The van der Waals surface area contributed by atoms with Gasteiger partial charge in [-0.15, -0.1) is 0 Å². The Morgan fingerprint density at radius 3 is 2.90 bits per heavy atom. The number of hydrogen-bond donors (Lipinski definition) is 1. The van der Waals surface area contributed by atoms with Crippen LogP contribution in [0.25, 0.3) is 0 Å². The van der Waals surface area contributed by atoms with Crippen molar-refractivity contribution in [2.75, 3.05) is 26.7 Å². The Morgan fingerprint density at radius 1 is 1.45 bits per heavy atom. The monoisotopic (exact) mass is 490 g/mol. The number of likely N-dealkylation sites (N-methyl/N-ethyl adjacent to an activating group) is 1. The second-order valence-electron chi connectivity index (χ2n) is 7.94. The summed E-state index contributed by atoms with van der Waals surface area (Å²) in [4.78, 5) is 37.5. The van der Waals surface area contributed by atoms with Crippen molar-refractivity contribution in [2.24, 2.45) is 5.92 Å². The summed E-state index contributed by atoms with van der Waals surface area (Å²) in [5.41, 5.74) is 1.17. The highest BCUT2D eigenvalue weighted by Gasteiger charge is 2.34. The van der Waals surface area contributed by atoms with E-state index in [1.807, 2.05) is 13.0 Å². The van der Waals surface area contributed by atoms with E-state index in [-0.39, 0.29) is 48.8 Å². The van der Waals surface area contributed by atoms with Crippen molar-refractivity contribution < 1.29 is 19.4 Å². The summed E-state index contributed by atoms with van der Waals surface area (Å²) >= 11 is 3.36. The first-order chi connectivity index (χ1) is 14.8. The SMILES string of the molecule is C[C@@H]1CN([C@@H](C)CO)C(=O)c2cc(Br)cnc2O[C@H]1CN(C)C(=O)Cc1cccnc1. The van der Waals surface area contributed by atoms with Crippen molar-refractivity contribution in [1.29, 1.82) is 0 Å². The molecular formula is C22H27BrN4O4. The summed E-state index contributed by atoms with van der Waals surface area (Å²) in [6.07, 6.45) is 4.80. The molecule has 31 heavy (non-hydrogen) atoms. The number of fused-ring (bicyclic) bond motifs is 1. The molecule has 3 rings (SSSR count). The van der Waals surface area contributed by atoms with Crippen LogP contribution in [-0.4, -0.2) is 75.6 Å². The molecule has 0 aliphatic carbocycles. The van der Waals surface area contributed by atoms with Gasteiger partial charge < -0.3 is 19.6 Å². The molecule has 1 aliphatic rings. The number of carbonyl (C=O) groups is 2. The van der Waals surface area contributed by atoms with Gasteiger partial charge in [-0.3, -0.25) is 14.6 Å². The van der Waals surface area contributed by atoms with Crippen LogP contribution in [0.2, 0.25) is 0 Å². The summed E-state index contributed by atoms with van der Waals surface area (Å²) in [6.45, 7) is 4.36. The maximum Gasteiger partial charge on any atom is 0.259 e. The lowest BCUT2D eigenvalue weighted by Gasteiger charge is -2.37. The fourth-order valence-electron chi connectivity index (χ4n) is 3.48. The average molecular weight is 491 g/mol. The molecule has 8 nitrogen and oxygen atoms in total. The quantitative estimate of drug-likeness (QED) is 0.666. The van der Waals surface area contributed by atoms with Gasteiger partial charge in [0.15, 0.2) is 0 Å². The molecule has 0 unspecified atom stereocenters. The molecule has 166 valence electrons. The number of halogens is 1. The molecule has 3 heterocycles. The smallest absolute Gasteiger partial charge is 0.259 e. The van der Waals surface area contributed by atoms with Crippen molar-refractivity contribution in [3.05, 3.63) is 52.4 Å². The van der Waals surface area contributed by atoms with Crippen LogP contribution in [0, 0.1) is 5.92 Å². The van der Waals surface area contributed by atoms with Crippen molar-refractivity contribution in [3.8, 4) is 5.88 Å². The summed E-state index contributed by atoms with van der Waals surface area (Å²) in [6, 6.07) is 4.99. The van der Waals surface area contributed by atoms with Gasteiger partial charge in [-0.25, -0.2) is 4.98 Å². The van der Waals surface area contributed by atoms with E-state index in [9.17, 15) is 14.7 Å². The van der Waals surface area contributed by atoms with Crippen molar-refractivity contribution in [1.82, 2.24) is 19.8 Å². The van der Waals surface area contributed by atoms with Gasteiger partial charge in [0.25, 0.3) is 5.91 Å². The summed E-state index contributed by atoms with van der Waals surface area (Å²) in [7, 11) is 1.74. The molecule has 2 amide bonds. The Labute approximate surface area is 190 Å². The molecule has 0 bridgehead atoms. The number of aliphatic hydroxyl groups excluding tert-OH is 1. The second kappa shape index (κ2) is 10.2. The molecule has 9 heteroatoms. The highest BCUT2D eigenvalue weighted by atomic mass is 79.9. The number of pyridine rings is 2. The van der Waals surface area contributed by atoms with Crippen LogP contribution >= 0.6 is 15.9 Å². The number of aliphatic hydroxyl groups is 1. The minimum atomic E-state index is -0.378. The molecule has 1 N–H and O–H groups in total. The van der Waals surface area contributed by atoms with Gasteiger partial charge in [0.05, 0.1) is 25.6 Å². The third-order valence-electron chi connectivity index (χ3n) is 5.45. The Kier molecular flexibility index (Phi) is 7.61. The Balaban J connectivity index is 1.83. The zero-order chi connectivity index (χ0) is 22.5. The lowest BCUT2D eigenvalue weighted by atomic mass is 10.00. The minimum absolute atomic E-state index is 0.0495. The van der Waals surface area contributed by atoms with E-state index in [2.05, 4.69) is 25.9 Å². The van der Waals surface area contributed by atoms with E-state index < -0.39 is 0 Å². The Bertz CT molecular complexity index is 927. The van der Waals surface area contributed by atoms with Crippen LogP contribution in [0.1, 0.15) is 29.8 Å². The van der Waals surface area contributed by atoms with Gasteiger partial charge in [-0.05, 0) is 40.5 Å². The molecule has 0 spiro atoms. The van der Waals surface area contributed by atoms with Gasteiger partial charge >= 0.3 is 0 Å². The third kappa shape index (κ3) is 5.59. The molecule has 2 aromatic rings. The van der Waals surface area contributed by atoms with Crippen LogP contribution in [0.15, 0.2) is 41.3 Å². The first-order valence-electron chi connectivity index (χ1n) is 10.2.